The summed E-state index contributed by atoms with van der Waals surface area (Å²) in [6.07, 6.45) is 3.53. The molecule has 28 heavy (non-hydrogen) atoms. The van der Waals surface area contributed by atoms with E-state index in [1.807, 2.05) is 63.2 Å². The van der Waals surface area contributed by atoms with Crippen LogP contribution in [0.1, 0.15) is 37.9 Å². The number of aryl methyl sites for hydroxylation is 1. The first kappa shape index (κ1) is 21.4. The molecule has 1 aromatic heterocycles. The van der Waals surface area contributed by atoms with Crippen molar-refractivity contribution >= 4 is 17.6 Å². The van der Waals surface area contributed by atoms with Crippen molar-refractivity contribution in [3.8, 4) is 0 Å². The second kappa shape index (κ2) is 11.1. The van der Waals surface area contributed by atoms with Crippen LogP contribution in [0.5, 0.6) is 0 Å². The summed E-state index contributed by atoms with van der Waals surface area (Å²) in [6.45, 7) is 6.94. The summed E-state index contributed by atoms with van der Waals surface area (Å²) < 4.78 is 0. The highest BCUT2D eigenvalue weighted by molar-refractivity contribution is 5.90. The van der Waals surface area contributed by atoms with Crippen LogP contribution in [0.25, 0.3) is 0 Å². The highest BCUT2D eigenvalue weighted by Gasteiger charge is 2.20. The molecule has 3 amide bonds. The van der Waals surface area contributed by atoms with Gasteiger partial charge in [-0.15, -0.1) is 0 Å². The summed E-state index contributed by atoms with van der Waals surface area (Å²) in [7, 11) is 0. The summed E-state index contributed by atoms with van der Waals surface area (Å²) in [4.78, 5) is 30.8. The highest BCUT2D eigenvalue weighted by atomic mass is 16.2. The molecule has 0 aliphatic carbocycles. The number of hydrogen-bond donors (Lipinski definition) is 2. The van der Waals surface area contributed by atoms with Crippen molar-refractivity contribution in [1.82, 2.24) is 15.2 Å². The predicted molar refractivity (Wildman–Crippen MR) is 112 cm³/mol. The van der Waals surface area contributed by atoms with Crippen LogP contribution >= 0.6 is 0 Å². The molecule has 150 valence electrons. The molecule has 1 atom stereocenters. The quantitative estimate of drug-likeness (QED) is 0.693. The number of nitrogens with zero attached hydrogens (tertiary/aromatic N) is 2. The van der Waals surface area contributed by atoms with E-state index in [1.165, 1.54) is 0 Å². The van der Waals surface area contributed by atoms with Gasteiger partial charge in [-0.1, -0.05) is 30.7 Å². The van der Waals surface area contributed by atoms with Crippen molar-refractivity contribution in [3.63, 3.8) is 0 Å². The van der Waals surface area contributed by atoms with E-state index in [9.17, 15) is 9.59 Å². The number of hydrogen-bond acceptors (Lipinski definition) is 3. The SMILES string of the molecule is CCC(C)N(CCC(=O)NCCc1ccccn1)C(=O)Nc1ccc(C)cc1. The van der Waals surface area contributed by atoms with E-state index in [-0.39, 0.29) is 24.4 Å². The van der Waals surface area contributed by atoms with Gasteiger partial charge in [0.25, 0.3) is 0 Å². The number of carbonyl (C=O) groups is 2. The second-order valence-corrected chi connectivity index (χ2v) is 6.92. The molecule has 0 aliphatic rings. The Kier molecular flexibility index (Phi) is 8.46. The summed E-state index contributed by atoms with van der Waals surface area (Å²) in [5.41, 5.74) is 2.84. The van der Waals surface area contributed by atoms with E-state index < -0.39 is 0 Å². The molecule has 6 heteroatoms. The van der Waals surface area contributed by atoms with Crippen LogP contribution in [0.4, 0.5) is 10.5 Å². The number of carbonyl (C=O) groups excluding carboxylic acids is 2. The van der Waals surface area contributed by atoms with Crippen molar-refractivity contribution in [1.29, 1.82) is 0 Å². The first-order valence-electron chi connectivity index (χ1n) is 9.80. The largest absolute Gasteiger partial charge is 0.356 e. The maximum atomic E-state index is 12.7. The predicted octanol–water partition coefficient (Wildman–Crippen LogP) is 3.77. The zero-order chi connectivity index (χ0) is 20.4. The lowest BCUT2D eigenvalue weighted by molar-refractivity contribution is -0.121. The summed E-state index contributed by atoms with van der Waals surface area (Å²) in [6, 6.07) is 13.3. The average molecular weight is 383 g/mol. The number of urea groups is 1. The lowest BCUT2D eigenvalue weighted by Crippen LogP contribution is -2.43. The third-order valence-electron chi connectivity index (χ3n) is 4.70. The van der Waals surface area contributed by atoms with Crippen LogP contribution in [-0.2, 0) is 11.2 Å². The number of anilines is 1. The fourth-order valence-corrected chi connectivity index (χ4v) is 2.76. The third-order valence-corrected chi connectivity index (χ3v) is 4.70. The van der Waals surface area contributed by atoms with E-state index in [0.29, 0.717) is 19.5 Å². The van der Waals surface area contributed by atoms with E-state index in [2.05, 4.69) is 15.6 Å². The summed E-state index contributed by atoms with van der Waals surface area (Å²) in [5.74, 6) is -0.0626. The number of rotatable bonds is 9. The van der Waals surface area contributed by atoms with Gasteiger partial charge in [0, 0.05) is 49.6 Å². The van der Waals surface area contributed by atoms with Gasteiger partial charge >= 0.3 is 6.03 Å². The smallest absolute Gasteiger partial charge is 0.322 e. The molecule has 6 nitrogen and oxygen atoms in total. The molecule has 0 spiro atoms. The maximum absolute atomic E-state index is 12.7. The number of aromatic nitrogens is 1. The molecule has 1 heterocycles. The Hall–Kier alpha value is -2.89. The van der Waals surface area contributed by atoms with Crippen molar-refractivity contribution in [3.05, 3.63) is 59.9 Å². The standard InChI is InChI=1S/C22H30N4O2/c1-4-18(3)26(22(28)25-20-10-8-17(2)9-11-20)16-13-21(27)24-15-12-19-7-5-6-14-23-19/h5-11,14,18H,4,12-13,15-16H2,1-3H3,(H,24,27)(H,25,28). The van der Waals surface area contributed by atoms with Crippen molar-refractivity contribution < 1.29 is 9.59 Å². The van der Waals surface area contributed by atoms with Gasteiger partial charge in [-0.05, 0) is 44.5 Å². The molecule has 0 saturated heterocycles. The number of nitrogens with one attached hydrogen (secondary N) is 2. The zero-order valence-electron chi connectivity index (χ0n) is 16.9. The van der Waals surface area contributed by atoms with Crippen molar-refractivity contribution in [2.24, 2.45) is 0 Å². The van der Waals surface area contributed by atoms with Gasteiger partial charge in [-0.25, -0.2) is 4.79 Å². The molecule has 1 unspecified atom stereocenters. The van der Waals surface area contributed by atoms with Crippen molar-refractivity contribution in [2.75, 3.05) is 18.4 Å². The van der Waals surface area contributed by atoms with Gasteiger partial charge in [0.15, 0.2) is 0 Å². The van der Waals surface area contributed by atoms with Gasteiger partial charge in [0.2, 0.25) is 5.91 Å². The minimum atomic E-state index is -0.181. The number of benzene rings is 1. The number of pyridine rings is 1. The van der Waals surface area contributed by atoms with Crippen LogP contribution in [-0.4, -0.2) is 41.0 Å². The Balaban J connectivity index is 1.82. The molecule has 0 saturated carbocycles. The first-order chi connectivity index (χ1) is 13.5. The van der Waals surface area contributed by atoms with Gasteiger partial charge in [0.1, 0.15) is 0 Å². The number of amides is 3. The van der Waals surface area contributed by atoms with E-state index in [4.69, 9.17) is 0 Å². The minimum absolute atomic E-state index is 0.0479. The van der Waals surface area contributed by atoms with Gasteiger partial charge in [-0.3, -0.25) is 9.78 Å². The molecule has 1 aromatic carbocycles. The molecule has 0 bridgehead atoms. The molecule has 0 radical (unpaired) electrons. The molecule has 2 aromatic rings. The molecule has 0 aliphatic heterocycles. The third kappa shape index (κ3) is 7.02. The van der Waals surface area contributed by atoms with Crippen LogP contribution in [0, 0.1) is 6.92 Å². The van der Waals surface area contributed by atoms with Crippen LogP contribution in [0.3, 0.4) is 0 Å². The summed E-state index contributed by atoms with van der Waals surface area (Å²) in [5, 5.41) is 5.82. The van der Waals surface area contributed by atoms with E-state index >= 15 is 0 Å². The Morgan fingerprint density at radius 2 is 1.89 bits per heavy atom. The highest BCUT2D eigenvalue weighted by Crippen LogP contribution is 2.12. The lowest BCUT2D eigenvalue weighted by Gasteiger charge is -2.28. The Labute approximate surface area is 167 Å². The second-order valence-electron chi connectivity index (χ2n) is 6.92. The van der Waals surface area contributed by atoms with Crippen LogP contribution < -0.4 is 10.6 Å². The van der Waals surface area contributed by atoms with E-state index in [1.54, 1.807) is 11.1 Å². The molecule has 2 rings (SSSR count). The maximum Gasteiger partial charge on any atom is 0.322 e. The Morgan fingerprint density at radius 3 is 2.54 bits per heavy atom. The molecular formula is C22H30N4O2. The summed E-state index contributed by atoms with van der Waals surface area (Å²) >= 11 is 0. The fourth-order valence-electron chi connectivity index (χ4n) is 2.76. The normalized spacial score (nSPS) is 11.5. The fraction of sp³-hybridized carbons (Fsp3) is 0.409. The topological polar surface area (TPSA) is 74.3 Å². The van der Waals surface area contributed by atoms with E-state index in [0.717, 1.165) is 23.4 Å². The first-order valence-corrected chi connectivity index (χ1v) is 9.80. The van der Waals surface area contributed by atoms with Gasteiger partial charge in [0.05, 0.1) is 0 Å². The lowest BCUT2D eigenvalue weighted by atomic mass is 10.2. The molecule has 2 N–H and O–H groups in total. The zero-order valence-corrected chi connectivity index (χ0v) is 16.9. The minimum Gasteiger partial charge on any atom is -0.356 e. The van der Waals surface area contributed by atoms with Gasteiger partial charge < -0.3 is 15.5 Å². The monoisotopic (exact) mass is 382 g/mol. The molecule has 0 fully saturated rings. The Bertz CT molecular complexity index is 747. The Morgan fingerprint density at radius 1 is 1.14 bits per heavy atom. The average Bonchev–Trinajstić information content (AvgIpc) is 2.70. The van der Waals surface area contributed by atoms with Crippen LogP contribution in [0.15, 0.2) is 48.7 Å². The van der Waals surface area contributed by atoms with Crippen molar-refractivity contribution in [2.45, 2.75) is 46.1 Å². The molecular weight excluding hydrogens is 352 g/mol. The van der Waals surface area contributed by atoms with Crippen LogP contribution in [0.2, 0.25) is 0 Å². The van der Waals surface area contributed by atoms with Gasteiger partial charge in [-0.2, -0.15) is 0 Å².